The van der Waals surface area contributed by atoms with E-state index >= 15 is 0 Å². The molecular formula is C18H20N4O3. The highest BCUT2D eigenvalue weighted by molar-refractivity contribution is 6.01. The van der Waals surface area contributed by atoms with E-state index in [0.717, 1.165) is 29.0 Å². The molecule has 130 valence electrons. The van der Waals surface area contributed by atoms with Crippen molar-refractivity contribution in [2.24, 2.45) is 10.9 Å². The number of hydrogen-bond acceptors (Lipinski definition) is 6. The van der Waals surface area contributed by atoms with E-state index in [2.05, 4.69) is 10.5 Å². The van der Waals surface area contributed by atoms with E-state index in [0.29, 0.717) is 5.75 Å². The molecule has 3 rings (SSSR count). The molecule has 7 nitrogen and oxygen atoms in total. The van der Waals surface area contributed by atoms with E-state index < -0.39 is 0 Å². The number of ether oxygens (including phenoxy) is 2. The fourth-order valence-corrected chi connectivity index (χ4v) is 2.59. The number of methoxy groups -OCH3 is 1. The van der Waals surface area contributed by atoms with Crippen LogP contribution in [0.15, 0.2) is 53.6 Å². The topological polar surface area (TPSA) is 98.0 Å². The van der Waals surface area contributed by atoms with E-state index in [1.54, 1.807) is 7.11 Å². The molecule has 1 atom stereocenters. The number of benzene rings is 2. The van der Waals surface area contributed by atoms with Crippen molar-refractivity contribution in [1.82, 2.24) is 10.9 Å². The second-order valence-corrected chi connectivity index (χ2v) is 5.60. The van der Waals surface area contributed by atoms with Gasteiger partial charge in [0.1, 0.15) is 11.5 Å². The highest BCUT2D eigenvalue weighted by Gasteiger charge is 2.21. The fraction of sp³-hybridized carbons (Fsp3) is 0.222. The molecule has 4 N–H and O–H groups in total. The van der Waals surface area contributed by atoms with Crippen molar-refractivity contribution in [2.75, 3.05) is 13.7 Å². The van der Waals surface area contributed by atoms with Gasteiger partial charge in [0, 0.05) is 6.42 Å². The summed E-state index contributed by atoms with van der Waals surface area (Å²) in [5.41, 5.74) is 8.34. The van der Waals surface area contributed by atoms with Gasteiger partial charge in [0.15, 0.2) is 6.61 Å². The quantitative estimate of drug-likeness (QED) is 0.421. The van der Waals surface area contributed by atoms with Crippen LogP contribution in [0, 0.1) is 0 Å². The SMILES string of the molecule is COc1ccc(C2CC(c3ccc(OCC(=O)NN)cc3)=NN2)cc1. The molecule has 1 aliphatic heterocycles. The molecule has 1 unspecified atom stereocenters. The number of carbonyl (C=O) groups is 1. The van der Waals surface area contributed by atoms with Crippen molar-refractivity contribution < 1.29 is 14.3 Å². The van der Waals surface area contributed by atoms with Gasteiger partial charge in [-0.05, 0) is 47.5 Å². The lowest BCUT2D eigenvalue weighted by Gasteiger charge is -2.11. The molecule has 2 aromatic carbocycles. The summed E-state index contributed by atoms with van der Waals surface area (Å²) in [6, 6.07) is 15.6. The number of nitrogens with one attached hydrogen (secondary N) is 2. The number of hydrazone groups is 1. The Labute approximate surface area is 145 Å². The van der Waals surface area contributed by atoms with Gasteiger partial charge in [-0.2, -0.15) is 5.10 Å². The average molecular weight is 340 g/mol. The molecular weight excluding hydrogens is 320 g/mol. The van der Waals surface area contributed by atoms with E-state index in [9.17, 15) is 4.79 Å². The predicted octanol–water partition coefficient (Wildman–Crippen LogP) is 1.50. The molecule has 2 aromatic rings. The number of amides is 1. The Kier molecular flexibility index (Phi) is 5.15. The Morgan fingerprint density at radius 2 is 1.88 bits per heavy atom. The van der Waals surface area contributed by atoms with Gasteiger partial charge in [-0.1, -0.05) is 12.1 Å². The Bertz CT molecular complexity index is 757. The van der Waals surface area contributed by atoms with E-state index in [1.165, 1.54) is 0 Å². The molecule has 0 aromatic heterocycles. The van der Waals surface area contributed by atoms with Gasteiger partial charge in [-0.25, -0.2) is 5.84 Å². The van der Waals surface area contributed by atoms with Crippen molar-refractivity contribution in [3.8, 4) is 11.5 Å². The van der Waals surface area contributed by atoms with Crippen molar-refractivity contribution in [2.45, 2.75) is 12.5 Å². The first kappa shape index (κ1) is 16.8. The maximum absolute atomic E-state index is 11.1. The van der Waals surface area contributed by atoms with Gasteiger partial charge in [0.05, 0.1) is 18.9 Å². The molecule has 25 heavy (non-hydrogen) atoms. The number of hydrazine groups is 1. The van der Waals surface area contributed by atoms with Crippen molar-refractivity contribution in [3.05, 3.63) is 59.7 Å². The molecule has 0 spiro atoms. The fourth-order valence-electron chi connectivity index (χ4n) is 2.59. The van der Waals surface area contributed by atoms with Gasteiger partial charge in [-0.15, -0.1) is 0 Å². The second-order valence-electron chi connectivity index (χ2n) is 5.60. The summed E-state index contributed by atoms with van der Waals surface area (Å²) in [4.78, 5) is 11.1. The lowest BCUT2D eigenvalue weighted by Crippen LogP contribution is -2.34. The monoisotopic (exact) mass is 340 g/mol. The molecule has 0 saturated heterocycles. The highest BCUT2D eigenvalue weighted by atomic mass is 16.5. The molecule has 1 amide bonds. The maximum Gasteiger partial charge on any atom is 0.271 e. The predicted molar refractivity (Wildman–Crippen MR) is 94.3 cm³/mol. The molecule has 7 heteroatoms. The number of nitrogens with zero attached hydrogens (tertiary/aromatic N) is 1. The molecule has 0 fully saturated rings. The van der Waals surface area contributed by atoms with Gasteiger partial charge in [-0.3, -0.25) is 10.2 Å². The van der Waals surface area contributed by atoms with E-state index in [-0.39, 0.29) is 18.6 Å². The lowest BCUT2D eigenvalue weighted by molar-refractivity contribution is -0.123. The first-order valence-electron chi connectivity index (χ1n) is 7.88. The Balaban J connectivity index is 1.60. The first-order chi connectivity index (χ1) is 12.2. The van der Waals surface area contributed by atoms with Crippen LogP contribution in [0.25, 0.3) is 0 Å². The molecule has 0 saturated carbocycles. The molecule has 0 aliphatic carbocycles. The molecule has 0 bridgehead atoms. The van der Waals surface area contributed by atoms with Crippen LogP contribution < -0.4 is 26.2 Å². The van der Waals surface area contributed by atoms with Crippen LogP contribution in [0.1, 0.15) is 23.6 Å². The summed E-state index contributed by atoms with van der Waals surface area (Å²) in [5, 5.41) is 4.44. The van der Waals surface area contributed by atoms with Crippen LogP contribution in [0.5, 0.6) is 11.5 Å². The van der Waals surface area contributed by atoms with Crippen LogP contribution in [-0.4, -0.2) is 25.3 Å². The third-order valence-electron chi connectivity index (χ3n) is 3.99. The van der Waals surface area contributed by atoms with E-state index in [4.69, 9.17) is 15.3 Å². The minimum Gasteiger partial charge on any atom is -0.497 e. The molecule has 0 radical (unpaired) electrons. The number of hydrogen-bond donors (Lipinski definition) is 3. The third-order valence-corrected chi connectivity index (χ3v) is 3.99. The summed E-state index contributed by atoms with van der Waals surface area (Å²) in [7, 11) is 1.65. The standard InChI is InChI=1S/C18H20N4O3/c1-24-14-6-2-12(3-7-14)16-10-17(22-21-16)13-4-8-15(9-5-13)25-11-18(23)20-19/h2-9,16,21H,10-11,19H2,1H3,(H,20,23). The van der Waals surface area contributed by atoms with Gasteiger partial charge < -0.3 is 14.9 Å². The lowest BCUT2D eigenvalue weighted by atomic mass is 9.99. The van der Waals surface area contributed by atoms with Crippen LogP contribution in [-0.2, 0) is 4.79 Å². The summed E-state index contributed by atoms with van der Waals surface area (Å²) in [6.07, 6.45) is 0.794. The zero-order valence-corrected chi connectivity index (χ0v) is 13.9. The van der Waals surface area contributed by atoms with Gasteiger partial charge in [0.25, 0.3) is 5.91 Å². The first-order valence-corrected chi connectivity index (χ1v) is 7.88. The van der Waals surface area contributed by atoms with Gasteiger partial charge in [0.2, 0.25) is 0 Å². The van der Waals surface area contributed by atoms with Crippen LogP contribution >= 0.6 is 0 Å². The minimum atomic E-state index is -0.379. The highest BCUT2D eigenvalue weighted by Crippen LogP contribution is 2.26. The second kappa shape index (κ2) is 7.67. The largest absolute Gasteiger partial charge is 0.497 e. The summed E-state index contributed by atoms with van der Waals surface area (Å²) in [5.74, 6) is 6.07. The summed E-state index contributed by atoms with van der Waals surface area (Å²) >= 11 is 0. The van der Waals surface area contributed by atoms with Crippen molar-refractivity contribution >= 4 is 11.6 Å². The molecule has 1 heterocycles. The van der Waals surface area contributed by atoms with Crippen LogP contribution in [0.4, 0.5) is 0 Å². The minimum absolute atomic E-state index is 0.113. The van der Waals surface area contributed by atoms with Crippen molar-refractivity contribution in [3.63, 3.8) is 0 Å². The summed E-state index contributed by atoms with van der Waals surface area (Å²) in [6.45, 7) is -0.113. The number of nitrogens with two attached hydrogens (primary N) is 1. The zero-order chi connectivity index (χ0) is 17.6. The average Bonchev–Trinajstić information content (AvgIpc) is 3.16. The smallest absolute Gasteiger partial charge is 0.271 e. The normalized spacial score (nSPS) is 15.9. The third kappa shape index (κ3) is 4.07. The van der Waals surface area contributed by atoms with Crippen molar-refractivity contribution in [1.29, 1.82) is 0 Å². The Hall–Kier alpha value is -3.06. The Morgan fingerprint density at radius 1 is 1.20 bits per heavy atom. The number of carbonyl (C=O) groups excluding carboxylic acids is 1. The summed E-state index contributed by atoms with van der Waals surface area (Å²) < 4.78 is 10.5. The van der Waals surface area contributed by atoms with Gasteiger partial charge >= 0.3 is 0 Å². The Morgan fingerprint density at radius 3 is 2.52 bits per heavy atom. The molecule has 1 aliphatic rings. The van der Waals surface area contributed by atoms with E-state index in [1.807, 2.05) is 54.0 Å². The maximum atomic E-state index is 11.1. The zero-order valence-electron chi connectivity index (χ0n) is 13.9. The number of rotatable bonds is 6. The van der Waals surface area contributed by atoms with Crippen LogP contribution in [0.2, 0.25) is 0 Å². The van der Waals surface area contributed by atoms with Crippen LogP contribution in [0.3, 0.4) is 0 Å².